The van der Waals surface area contributed by atoms with Crippen molar-refractivity contribution in [3.8, 4) is 6.07 Å². The second-order valence-corrected chi connectivity index (χ2v) is 6.76. The SMILES string of the molecule is CC(C(=O)Nc1ccccc1C#N)N1CCN(c2cccc(Cl)c2)CC1. The van der Waals surface area contributed by atoms with Crippen molar-refractivity contribution in [1.82, 2.24) is 4.90 Å². The Kier molecular flexibility index (Phi) is 5.77. The zero-order valence-electron chi connectivity index (χ0n) is 14.7. The molecule has 2 aromatic carbocycles. The molecule has 1 aliphatic heterocycles. The van der Waals surface area contributed by atoms with Gasteiger partial charge in [-0.25, -0.2) is 0 Å². The maximum absolute atomic E-state index is 12.6. The Morgan fingerprint density at radius 1 is 1.15 bits per heavy atom. The van der Waals surface area contributed by atoms with Crippen molar-refractivity contribution in [2.24, 2.45) is 0 Å². The van der Waals surface area contributed by atoms with Crippen molar-refractivity contribution in [2.75, 3.05) is 36.4 Å². The van der Waals surface area contributed by atoms with Gasteiger partial charge in [-0.1, -0.05) is 29.8 Å². The van der Waals surface area contributed by atoms with Crippen LogP contribution in [0, 0.1) is 11.3 Å². The van der Waals surface area contributed by atoms with Crippen molar-refractivity contribution < 1.29 is 4.79 Å². The second kappa shape index (κ2) is 8.22. The number of amides is 1. The number of halogens is 1. The minimum Gasteiger partial charge on any atom is -0.369 e. The smallest absolute Gasteiger partial charge is 0.241 e. The van der Waals surface area contributed by atoms with Gasteiger partial charge in [0.15, 0.2) is 0 Å². The summed E-state index contributed by atoms with van der Waals surface area (Å²) in [7, 11) is 0. The first-order valence-electron chi connectivity index (χ1n) is 8.63. The number of para-hydroxylation sites is 1. The maximum Gasteiger partial charge on any atom is 0.241 e. The third kappa shape index (κ3) is 4.16. The van der Waals surface area contributed by atoms with E-state index >= 15 is 0 Å². The molecular weight excluding hydrogens is 348 g/mol. The average Bonchev–Trinajstić information content (AvgIpc) is 2.68. The summed E-state index contributed by atoms with van der Waals surface area (Å²) in [6.07, 6.45) is 0. The number of nitrogens with zero attached hydrogens (tertiary/aromatic N) is 3. The van der Waals surface area contributed by atoms with Gasteiger partial charge in [0.25, 0.3) is 0 Å². The topological polar surface area (TPSA) is 59.4 Å². The van der Waals surface area contributed by atoms with Crippen LogP contribution in [0.15, 0.2) is 48.5 Å². The molecule has 1 fully saturated rings. The number of hydrogen-bond acceptors (Lipinski definition) is 4. The molecule has 0 spiro atoms. The Hall–Kier alpha value is -2.55. The zero-order valence-corrected chi connectivity index (χ0v) is 15.4. The van der Waals surface area contributed by atoms with Gasteiger partial charge in [0.1, 0.15) is 6.07 Å². The van der Waals surface area contributed by atoms with Crippen LogP contribution in [-0.4, -0.2) is 43.0 Å². The predicted octanol–water partition coefficient (Wildman–Crippen LogP) is 3.36. The molecule has 1 saturated heterocycles. The second-order valence-electron chi connectivity index (χ2n) is 6.33. The van der Waals surface area contributed by atoms with Crippen LogP contribution in [0.4, 0.5) is 11.4 Å². The molecule has 1 N–H and O–H groups in total. The van der Waals surface area contributed by atoms with E-state index in [2.05, 4.69) is 27.3 Å². The van der Waals surface area contributed by atoms with Gasteiger partial charge < -0.3 is 10.2 Å². The zero-order chi connectivity index (χ0) is 18.5. The monoisotopic (exact) mass is 368 g/mol. The fourth-order valence-electron chi connectivity index (χ4n) is 3.13. The fraction of sp³-hybridized carbons (Fsp3) is 0.300. The van der Waals surface area contributed by atoms with Gasteiger partial charge in [-0.3, -0.25) is 9.69 Å². The van der Waals surface area contributed by atoms with E-state index in [1.54, 1.807) is 18.2 Å². The Morgan fingerprint density at radius 3 is 2.58 bits per heavy atom. The average molecular weight is 369 g/mol. The Bertz CT molecular complexity index is 825. The van der Waals surface area contributed by atoms with Gasteiger partial charge in [-0.05, 0) is 37.3 Å². The molecule has 6 heteroatoms. The number of nitrogens with one attached hydrogen (secondary N) is 1. The van der Waals surface area contributed by atoms with Crippen LogP contribution >= 0.6 is 11.6 Å². The molecular formula is C20H21ClN4O. The predicted molar refractivity (Wildman–Crippen MR) is 104 cm³/mol. The molecule has 2 aromatic rings. The summed E-state index contributed by atoms with van der Waals surface area (Å²) >= 11 is 6.07. The minimum atomic E-state index is -0.261. The standard InChI is InChI=1S/C20H21ClN4O/c1-15(20(26)23-19-8-3-2-5-16(19)14-22)24-9-11-25(12-10-24)18-7-4-6-17(21)13-18/h2-8,13,15H,9-12H2,1H3,(H,23,26). The molecule has 0 bridgehead atoms. The van der Waals surface area contributed by atoms with E-state index < -0.39 is 0 Å². The lowest BCUT2D eigenvalue weighted by Gasteiger charge is -2.38. The molecule has 5 nitrogen and oxygen atoms in total. The molecule has 134 valence electrons. The third-order valence-corrected chi connectivity index (χ3v) is 4.96. The highest BCUT2D eigenvalue weighted by Gasteiger charge is 2.26. The van der Waals surface area contributed by atoms with Gasteiger partial charge in [0.05, 0.1) is 17.3 Å². The van der Waals surface area contributed by atoms with E-state index in [-0.39, 0.29) is 11.9 Å². The summed E-state index contributed by atoms with van der Waals surface area (Å²) in [6, 6.07) is 16.7. The van der Waals surface area contributed by atoms with Crippen LogP contribution in [0.5, 0.6) is 0 Å². The number of piperazine rings is 1. The lowest BCUT2D eigenvalue weighted by atomic mass is 10.1. The lowest BCUT2D eigenvalue weighted by Crippen LogP contribution is -2.52. The lowest BCUT2D eigenvalue weighted by molar-refractivity contribution is -0.120. The van der Waals surface area contributed by atoms with Crippen molar-refractivity contribution in [3.05, 3.63) is 59.1 Å². The molecule has 0 radical (unpaired) electrons. The van der Waals surface area contributed by atoms with E-state index in [1.165, 1.54) is 0 Å². The highest BCUT2D eigenvalue weighted by Crippen LogP contribution is 2.21. The summed E-state index contributed by atoms with van der Waals surface area (Å²) in [5.74, 6) is -0.0936. The number of carbonyl (C=O) groups excluding carboxylic acids is 1. The van der Waals surface area contributed by atoms with Gasteiger partial charge >= 0.3 is 0 Å². The van der Waals surface area contributed by atoms with E-state index in [1.807, 2.05) is 31.2 Å². The van der Waals surface area contributed by atoms with Crippen molar-refractivity contribution in [2.45, 2.75) is 13.0 Å². The van der Waals surface area contributed by atoms with Crippen LogP contribution in [0.2, 0.25) is 5.02 Å². The van der Waals surface area contributed by atoms with Crippen LogP contribution in [-0.2, 0) is 4.79 Å². The van der Waals surface area contributed by atoms with Gasteiger partial charge in [0.2, 0.25) is 5.91 Å². The van der Waals surface area contributed by atoms with E-state index in [9.17, 15) is 4.79 Å². The molecule has 1 unspecified atom stereocenters. The Labute approximate surface area is 158 Å². The van der Waals surface area contributed by atoms with Crippen LogP contribution in [0.25, 0.3) is 0 Å². The Morgan fingerprint density at radius 2 is 1.88 bits per heavy atom. The van der Waals surface area contributed by atoms with E-state index in [0.717, 1.165) is 36.9 Å². The number of rotatable bonds is 4. The van der Waals surface area contributed by atoms with Crippen molar-refractivity contribution >= 4 is 28.9 Å². The molecule has 0 aliphatic carbocycles. The third-order valence-electron chi connectivity index (χ3n) is 4.72. The highest BCUT2D eigenvalue weighted by atomic mass is 35.5. The van der Waals surface area contributed by atoms with Crippen molar-refractivity contribution in [1.29, 1.82) is 5.26 Å². The highest BCUT2D eigenvalue weighted by molar-refractivity contribution is 6.30. The quantitative estimate of drug-likeness (QED) is 0.898. The van der Waals surface area contributed by atoms with E-state index in [4.69, 9.17) is 16.9 Å². The molecule has 0 aromatic heterocycles. The van der Waals surface area contributed by atoms with Gasteiger partial charge in [-0.15, -0.1) is 0 Å². The first-order valence-corrected chi connectivity index (χ1v) is 9.01. The summed E-state index contributed by atoms with van der Waals surface area (Å²) in [5.41, 5.74) is 2.14. The fourth-order valence-corrected chi connectivity index (χ4v) is 3.32. The normalized spacial score (nSPS) is 16.0. The Balaban J connectivity index is 1.58. The molecule has 0 saturated carbocycles. The first kappa shape index (κ1) is 18.2. The number of nitriles is 1. The summed E-state index contributed by atoms with van der Waals surface area (Å²) in [4.78, 5) is 17.0. The number of hydrogen-bond donors (Lipinski definition) is 1. The van der Waals surface area contributed by atoms with Crippen LogP contribution in [0.1, 0.15) is 12.5 Å². The first-order chi connectivity index (χ1) is 12.6. The van der Waals surface area contributed by atoms with Gasteiger partial charge in [0, 0.05) is 36.9 Å². The molecule has 3 rings (SSSR count). The van der Waals surface area contributed by atoms with Gasteiger partial charge in [-0.2, -0.15) is 5.26 Å². The number of anilines is 2. The summed E-state index contributed by atoms with van der Waals surface area (Å²) < 4.78 is 0. The summed E-state index contributed by atoms with van der Waals surface area (Å²) in [5, 5.41) is 12.8. The minimum absolute atomic E-state index is 0.0936. The van der Waals surface area contributed by atoms with Crippen LogP contribution in [0.3, 0.4) is 0 Å². The molecule has 1 atom stereocenters. The van der Waals surface area contributed by atoms with Crippen molar-refractivity contribution in [3.63, 3.8) is 0 Å². The number of benzene rings is 2. The maximum atomic E-state index is 12.6. The summed E-state index contributed by atoms with van der Waals surface area (Å²) in [6.45, 7) is 5.17. The number of carbonyl (C=O) groups is 1. The molecule has 1 aliphatic rings. The van der Waals surface area contributed by atoms with Crippen LogP contribution < -0.4 is 10.2 Å². The largest absolute Gasteiger partial charge is 0.369 e. The molecule has 1 heterocycles. The molecule has 1 amide bonds. The van der Waals surface area contributed by atoms with E-state index in [0.29, 0.717) is 11.3 Å². The molecule has 26 heavy (non-hydrogen) atoms.